The smallest absolute Gasteiger partial charge is 0.373 e. The zero-order valence-corrected chi connectivity index (χ0v) is 11.8. The van der Waals surface area contributed by atoms with Crippen LogP contribution in [0.4, 0.5) is 0 Å². The lowest BCUT2D eigenvalue weighted by Crippen LogP contribution is -2.22. The lowest BCUT2D eigenvalue weighted by Gasteiger charge is -2.18. The monoisotopic (exact) mass is 274 g/mol. The Labute approximate surface area is 118 Å². The Morgan fingerprint density at radius 1 is 1.30 bits per heavy atom. The van der Waals surface area contributed by atoms with Gasteiger partial charge in [0.15, 0.2) is 0 Å². The molecule has 2 aromatic rings. The van der Waals surface area contributed by atoms with Crippen LogP contribution in [0.1, 0.15) is 47.8 Å². The van der Waals surface area contributed by atoms with Gasteiger partial charge in [0, 0.05) is 18.4 Å². The number of nitrogens with zero attached hydrogens (tertiary/aromatic N) is 1. The van der Waals surface area contributed by atoms with Gasteiger partial charge in [0.1, 0.15) is 5.76 Å². The van der Waals surface area contributed by atoms with E-state index in [1.807, 2.05) is 25.3 Å². The van der Waals surface area contributed by atoms with Gasteiger partial charge in [-0.05, 0) is 37.6 Å². The fraction of sp³-hybridized carbons (Fsp3) is 0.333. The molecule has 106 valence electrons. The minimum Gasteiger partial charge on any atom is -0.463 e. The van der Waals surface area contributed by atoms with Gasteiger partial charge < -0.3 is 14.5 Å². The zero-order valence-electron chi connectivity index (χ0n) is 11.8. The molecule has 5 heteroatoms. The van der Waals surface area contributed by atoms with Crippen molar-refractivity contribution in [3.63, 3.8) is 0 Å². The van der Waals surface area contributed by atoms with E-state index in [1.54, 1.807) is 18.3 Å². The number of aromatic nitrogens is 1. The Hall–Kier alpha value is -2.14. The number of methoxy groups -OCH3 is 1. The van der Waals surface area contributed by atoms with Crippen molar-refractivity contribution in [3.05, 3.63) is 53.7 Å². The third kappa shape index (κ3) is 3.24. The normalized spacial score (nSPS) is 13.8. The average molecular weight is 274 g/mol. The maximum atomic E-state index is 11.3. The summed E-state index contributed by atoms with van der Waals surface area (Å²) < 4.78 is 10.1. The first-order valence-corrected chi connectivity index (χ1v) is 6.46. The molecule has 20 heavy (non-hydrogen) atoms. The van der Waals surface area contributed by atoms with Crippen LogP contribution in [-0.4, -0.2) is 18.1 Å². The Morgan fingerprint density at radius 2 is 2.10 bits per heavy atom. The summed E-state index contributed by atoms with van der Waals surface area (Å²) in [6.07, 6.45) is 3.57. The molecule has 0 aliphatic carbocycles. The molecule has 0 bridgehead atoms. The fourth-order valence-corrected chi connectivity index (χ4v) is 1.98. The van der Waals surface area contributed by atoms with Gasteiger partial charge in [-0.15, -0.1) is 0 Å². The molecular formula is C15H18N2O3. The summed E-state index contributed by atoms with van der Waals surface area (Å²) in [6, 6.07) is 7.42. The number of ether oxygens (including phenoxy) is 1. The van der Waals surface area contributed by atoms with Crippen LogP contribution in [-0.2, 0) is 4.74 Å². The quantitative estimate of drug-likeness (QED) is 0.849. The van der Waals surface area contributed by atoms with Crippen molar-refractivity contribution in [2.75, 3.05) is 7.11 Å². The number of carbonyl (C=O) groups is 1. The van der Waals surface area contributed by atoms with E-state index in [-0.39, 0.29) is 17.8 Å². The summed E-state index contributed by atoms with van der Waals surface area (Å²) in [7, 11) is 1.33. The van der Waals surface area contributed by atoms with E-state index in [0.717, 1.165) is 5.56 Å². The molecule has 0 aliphatic rings. The summed E-state index contributed by atoms with van der Waals surface area (Å²) in [4.78, 5) is 15.4. The second kappa shape index (κ2) is 6.34. The first kappa shape index (κ1) is 14.3. The van der Waals surface area contributed by atoms with Crippen molar-refractivity contribution in [3.8, 4) is 0 Å². The number of nitrogens with one attached hydrogen (secondary N) is 1. The van der Waals surface area contributed by atoms with Gasteiger partial charge >= 0.3 is 5.97 Å². The molecule has 0 spiro atoms. The number of furan rings is 1. The van der Waals surface area contributed by atoms with Crippen LogP contribution in [0.25, 0.3) is 0 Å². The predicted molar refractivity (Wildman–Crippen MR) is 74.3 cm³/mol. The molecule has 0 amide bonds. The van der Waals surface area contributed by atoms with Crippen LogP contribution in [0.3, 0.4) is 0 Å². The molecule has 0 aromatic carbocycles. The summed E-state index contributed by atoms with van der Waals surface area (Å²) in [5.74, 6) is 0.440. The lowest BCUT2D eigenvalue weighted by molar-refractivity contribution is 0.0562. The van der Waals surface area contributed by atoms with Crippen molar-refractivity contribution in [2.45, 2.75) is 25.9 Å². The SMILES string of the molecule is COC(=O)c1ccc(C(C)N[C@@H](C)c2cccnc2)o1. The molecule has 2 aromatic heterocycles. The van der Waals surface area contributed by atoms with Gasteiger partial charge in [-0.25, -0.2) is 4.79 Å². The second-order valence-corrected chi connectivity index (χ2v) is 4.59. The van der Waals surface area contributed by atoms with Crippen molar-refractivity contribution in [1.82, 2.24) is 10.3 Å². The Bertz CT molecular complexity index is 566. The van der Waals surface area contributed by atoms with Crippen LogP contribution < -0.4 is 5.32 Å². The van der Waals surface area contributed by atoms with E-state index in [1.165, 1.54) is 7.11 Å². The minimum absolute atomic E-state index is 0.0244. The Kier molecular flexibility index (Phi) is 4.53. The van der Waals surface area contributed by atoms with E-state index in [2.05, 4.69) is 22.0 Å². The molecule has 0 saturated heterocycles. The molecular weight excluding hydrogens is 256 g/mol. The molecule has 0 saturated carbocycles. The number of hydrogen-bond donors (Lipinski definition) is 1. The summed E-state index contributed by atoms with van der Waals surface area (Å²) in [6.45, 7) is 4.03. The van der Waals surface area contributed by atoms with Crippen molar-refractivity contribution >= 4 is 5.97 Å². The van der Waals surface area contributed by atoms with Crippen molar-refractivity contribution in [2.24, 2.45) is 0 Å². The van der Waals surface area contributed by atoms with Crippen LogP contribution in [0.5, 0.6) is 0 Å². The number of pyridine rings is 1. The van der Waals surface area contributed by atoms with Crippen molar-refractivity contribution < 1.29 is 13.9 Å². The van der Waals surface area contributed by atoms with E-state index >= 15 is 0 Å². The molecule has 0 radical (unpaired) electrons. The summed E-state index contributed by atoms with van der Waals surface area (Å²) >= 11 is 0. The molecule has 1 unspecified atom stereocenters. The largest absolute Gasteiger partial charge is 0.463 e. The number of carbonyl (C=O) groups excluding carboxylic acids is 1. The second-order valence-electron chi connectivity index (χ2n) is 4.59. The van der Waals surface area contributed by atoms with Crippen LogP contribution in [0, 0.1) is 0 Å². The lowest BCUT2D eigenvalue weighted by atomic mass is 10.1. The van der Waals surface area contributed by atoms with Crippen LogP contribution >= 0.6 is 0 Å². The van der Waals surface area contributed by atoms with E-state index < -0.39 is 5.97 Å². The highest BCUT2D eigenvalue weighted by atomic mass is 16.5. The highest BCUT2D eigenvalue weighted by molar-refractivity contribution is 5.86. The van der Waals surface area contributed by atoms with Crippen LogP contribution in [0.15, 0.2) is 41.1 Å². The third-order valence-corrected chi connectivity index (χ3v) is 3.12. The van der Waals surface area contributed by atoms with Gasteiger partial charge in [0.05, 0.1) is 13.2 Å². The van der Waals surface area contributed by atoms with Gasteiger partial charge in [0.25, 0.3) is 0 Å². The molecule has 1 N–H and O–H groups in total. The number of esters is 1. The standard InChI is InChI=1S/C15H18N2O3/c1-10(12-5-4-8-16-9-12)17-11(2)13-6-7-14(20-13)15(18)19-3/h4-11,17H,1-3H3/t10-,11?/m0/s1. The van der Waals surface area contributed by atoms with Gasteiger partial charge in [-0.2, -0.15) is 0 Å². The van der Waals surface area contributed by atoms with E-state index in [9.17, 15) is 4.79 Å². The van der Waals surface area contributed by atoms with Gasteiger partial charge in [-0.1, -0.05) is 6.07 Å². The summed E-state index contributed by atoms with van der Waals surface area (Å²) in [5.41, 5.74) is 1.10. The predicted octanol–water partition coefficient (Wildman–Crippen LogP) is 2.87. The maximum Gasteiger partial charge on any atom is 0.373 e. The first-order chi connectivity index (χ1) is 9.61. The molecule has 0 fully saturated rings. The fourth-order valence-electron chi connectivity index (χ4n) is 1.98. The topological polar surface area (TPSA) is 64.4 Å². The Balaban J connectivity index is 2.03. The van der Waals surface area contributed by atoms with E-state index in [0.29, 0.717) is 5.76 Å². The average Bonchev–Trinajstić information content (AvgIpc) is 2.97. The summed E-state index contributed by atoms with van der Waals surface area (Å²) in [5, 5.41) is 3.40. The van der Waals surface area contributed by atoms with Crippen LogP contribution in [0.2, 0.25) is 0 Å². The maximum absolute atomic E-state index is 11.3. The highest BCUT2D eigenvalue weighted by Gasteiger charge is 2.17. The molecule has 2 atom stereocenters. The number of rotatable bonds is 5. The van der Waals surface area contributed by atoms with Gasteiger partial charge in [0.2, 0.25) is 5.76 Å². The highest BCUT2D eigenvalue weighted by Crippen LogP contribution is 2.21. The number of hydrogen-bond acceptors (Lipinski definition) is 5. The first-order valence-electron chi connectivity index (χ1n) is 6.46. The molecule has 0 aliphatic heterocycles. The third-order valence-electron chi connectivity index (χ3n) is 3.12. The minimum atomic E-state index is -0.469. The van der Waals surface area contributed by atoms with E-state index in [4.69, 9.17) is 4.42 Å². The molecule has 2 rings (SSSR count). The zero-order chi connectivity index (χ0) is 14.5. The Morgan fingerprint density at radius 3 is 2.75 bits per heavy atom. The molecule has 2 heterocycles. The van der Waals surface area contributed by atoms with Gasteiger partial charge in [-0.3, -0.25) is 4.98 Å². The van der Waals surface area contributed by atoms with Crippen molar-refractivity contribution in [1.29, 1.82) is 0 Å². The molecule has 5 nitrogen and oxygen atoms in total.